The minimum atomic E-state index is -0.142. The summed E-state index contributed by atoms with van der Waals surface area (Å²) in [6, 6.07) is 3.98. The Morgan fingerprint density at radius 3 is 2.74 bits per heavy atom. The average Bonchev–Trinajstić information content (AvgIpc) is 3.16. The van der Waals surface area contributed by atoms with Crippen LogP contribution in [0.4, 0.5) is 0 Å². The quantitative estimate of drug-likeness (QED) is 0.572. The summed E-state index contributed by atoms with van der Waals surface area (Å²) < 4.78 is 7.30. The molecule has 0 fully saturated rings. The fourth-order valence-corrected chi connectivity index (χ4v) is 3.59. The van der Waals surface area contributed by atoms with E-state index >= 15 is 0 Å². The van der Waals surface area contributed by atoms with Crippen LogP contribution in [0.1, 0.15) is 38.0 Å². The molecule has 0 atom stereocenters. The van der Waals surface area contributed by atoms with E-state index in [0.717, 1.165) is 22.2 Å². The number of nitrogens with two attached hydrogens (primary N) is 1. The number of hydrogen-bond acceptors (Lipinski definition) is 7. The number of thiophene rings is 1. The van der Waals surface area contributed by atoms with Gasteiger partial charge in [-0.3, -0.25) is 0 Å². The molecule has 0 amide bonds. The highest BCUT2D eigenvalue weighted by molar-refractivity contribution is 7.98. The molecular weight excluding hydrogens is 330 g/mol. The highest BCUT2D eigenvalue weighted by Crippen LogP contribution is 2.29. The van der Waals surface area contributed by atoms with Crippen molar-refractivity contribution in [1.82, 2.24) is 19.9 Å². The lowest BCUT2D eigenvalue weighted by Gasteiger charge is -2.16. The van der Waals surface area contributed by atoms with Gasteiger partial charge in [-0.25, -0.2) is 9.66 Å². The molecule has 0 unspecified atom stereocenters. The van der Waals surface area contributed by atoms with E-state index in [4.69, 9.17) is 10.3 Å². The Kier molecular flexibility index (Phi) is 4.20. The molecule has 0 aromatic carbocycles. The zero-order valence-electron chi connectivity index (χ0n) is 13.5. The molecule has 23 heavy (non-hydrogen) atoms. The first-order chi connectivity index (χ1) is 10.9. The van der Waals surface area contributed by atoms with Crippen molar-refractivity contribution in [3.05, 3.63) is 34.8 Å². The molecule has 0 spiro atoms. The number of nitrogen functional groups attached to an aromatic ring is 1. The lowest BCUT2D eigenvalue weighted by atomic mass is 9.96. The van der Waals surface area contributed by atoms with Gasteiger partial charge in [0.05, 0.1) is 10.6 Å². The molecule has 122 valence electrons. The fraction of sp³-hybridized carbons (Fsp3) is 0.400. The molecule has 3 aromatic heterocycles. The van der Waals surface area contributed by atoms with Crippen molar-refractivity contribution in [2.24, 2.45) is 0 Å². The van der Waals surface area contributed by atoms with Gasteiger partial charge in [0.25, 0.3) is 0 Å². The van der Waals surface area contributed by atoms with Crippen LogP contribution in [0.2, 0.25) is 0 Å². The van der Waals surface area contributed by atoms with Crippen molar-refractivity contribution in [1.29, 1.82) is 0 Å². The van der Waals surface area contributed by atoms with Crippen LogP contribution in [0.15, 0.2) is 27.1 Å². The molecule has 3 rings (SSSR count). The molecule has 0 saturated carbocycles. The van der Waals surface area contributed by atoms with E-state index in [1.807, 2.05) is 24.4 Å². The molecule has 6 nitrogen and oxygen atoms in total. The zero-order chi connectivity index (χ0) is 16.6. The van der Waals surface area contributed by atoms with Crippen LogP contribution >= 0.6 is 23.1 Å². The summed E-state index contributed by atoms with van der Waals surface area (Å²) in [6.07, 6.45) is 0. The fourth-order valence-electron chi connectivity index (χ4n) is 2.09. The second-order valence-corrected chi connectivity index (χ2v) is 8.10. The molecule has 8 heteroatoms. The third kappa shape index (κ3) is 3.28. The van der Waals surface area contributed by atoms with Crippen LogP contribution in [0.3, 0.4) is 0 Å². The summed E-state index contributed by atoms with van der Waals surface area (Å²) in [4.78, 5) is 5.61. The number of nitrogens with zero attached hydrogens (tertiary/aromatic N) is 4. The molecule has 0 saturated heterocycles. The predicted octanol–water partition coefficient (Wildman–Crippen LogP) is 3.61. The van der Waals surface area contributed by atoms with Crippen molar-refractivity contribution in [2.45, 2.75) is 44.0 Å². The predicted molar refractivity (Wildman–Crippen MR) is 93.0 cm³/mol. The summed E-state index contributed by atoms with van der Waals surface area (Å²) in [6.45, 7) is 8.10. The normalized spacial score (nSPS) is 12.0. The first-order valence-electron chi connectivity index (χ1n) is 7.20. The molecular formula is C15H19N5OS2. The van der Waals surface area contributed by atoms with Crippen molar-refractivity contribution in [2.75, 3.05) is 5.84 Å². The maximum atomic E-state index is 6.10. The number of rotatable bonds is 4. The summed E-state index contributed by atoms with van der Waals surface area (Å²) >= 11 is 3.12. The molecule has 3 aromatic rings. The Bertz CT molecular complexity index is 799. The van der Waals surface area contributed by atoms with E-state index in [-0.39, 0.29) is 5.41 Å². The monoisotopic (exact) mass is 349 g/mol. The van der Waals surface area contributed by atoms with Crippen LogP contribution in [0, 0.1) is 6.92 Å². The van der Waals surface area contributed by atoms with Gasteiger partial charge in [0, 0.05) is 11.2 Å². The molecule has 0 bridgehead atoms. The summed E-state index contributed by atoms with van der Waals surface area (Å²) in [5.41, 5.74) is 0.759. The standard InChI is InChI=1S/C15H19N5OS2/c1-9-10(17-12(21-9)11-6-5-7-22-11)8-23-14-19-18-13(20(14)16)15(2,3)4/h5-7H,8,16H2,1-4H3. The van der Waals surface area contributed by atoms with Crippen LogP contribution in [-0.4, -0.2) is 19.9 Å². The maximum absolute atomic E-state index is 6.10. The van der Waals surface area contributed by atoms with E-state index in [9.17, 15) is 0 Å². The smallest absolute Gasteiger partial charge is 0.236 e. The van der Waals surface area contributed by atoms with Crippen LogP contribution < -0.4 is 5.84 Å². The van der Waals surface area contributed by atoms with E-state index in [2.05, 4.69) is 36.0 Å². The first kappa shape index (κ1) is 16.1. The Hall–Kier alpha value is -1.80. The molecule has 0 aliphatic rings. The highest BCUT2D eigenvalue weighted by Gasteiger charge is 2.23. The topological polar surface area (TPSA) is 82.8 Å². The SMILES string of the molecule is Cc1oc(-c2cccs2)nc1CSc1nnc(C(C)(C)C)n1N. The van der Waals surface area contributed by atoms with Gasteiger partial charge in [-0.1, -0.05) is 38.6 Å². The van der Waals surface area contributed by atoms with Crippen molar-refractivity contribution in [3.63, 3.8) is 0 Å². The molecule has 3 heterocycles. The number of hydrogen-bond donors (Lipinski definition) is 1. The third-order valence-electron chi connectivity index (χ3n) is 3.30. The van der Waals surface area contributed by atoms with Gasteiger partial charge in [-0.05, 0) is 18.4 Å². The lowest BCUT2D eigenvalue weighted by Crippen LogP contribution is -2.24. The van der Waals surface area contributed by atoms with Gasteiger partial charge in [0.1, 0.15) is 5.76 Å². The van der Waals surface area contributed by atoms with E-state index in [1.165, 1.54) is 11.8 Å². The Labute approximate surface area is 143 Å². The lowest BCUT2D eigenvalue weighted by molar-refractivity contribution is 0.523. The first-order valence-corrected chi connectivity index (χ1v) is 9.06. The minimum Gasteiger partial charge on any atom is -0.440 e. The van der Waals surface area contributed by atoms with Gasteiger partial charge in [-0.15, -0.1) is 21.5 Å². The van der Waals surface area contributed by atoms with Crippen LogP contribution in [-0.2, 0) is 11.2 Å². The van der Waals surface area contributed by atoms with E-state index in [1.54, 1.807) is 16.0 Å². The summed E-state index contributed by atoms with van der Waals surface area (Å²) in [5.74, 6) is 8.99. The number of aromatic nitrogens is 4. The van der Waals surface area contributed by atoms with Gasteiger partial charge in [0.15, 0.2) is 5.82 Å². The minimum absolute atomic E-state index is 0.142. The summed E-state index contributed by atoms with van der Waals surface area (Å²) in [5, 5.41) is 11.1. The van der Waals surface area contributed by atoms with Crippen LogP contribution in [0.25, 0.3) is 10.8 Å². The van der Waals surface area contributed by atoms with E-state index in [0.29, 0.717) is 16.8 Å². The second-order valence-electron chi connectivity index (χ2n) is 6.21. The zero-order valence-corrected chi connectivity index (χ0v) is 15.2. The van der Waals surface area contributed by atoms with Crippen LogP contribution in [0.5, 0.6) is 0 Å². The Morgan fingerprint density at radius 1 is 1.35 bits per heavy atom. The molecule has 0 radical (unpaired) electrons. The van der Waals surface area contributed by atoms with Gasteiger partial charge >= 0.3 is 0 Å². The number of aryl methyl sites for hydroxylation is 1. The molecule has 2 N–H and O–H groups in total. The Morgan fingerprint density at radius 2 is 2.13 bits per heavy atom. The second kappa shape index (κ2) is 6.01. The number of thioether (sulfide) groups is 1. The largest absolute Gasteiger partial charge is 0.440 e. The van der Waals surface area contributed by atoms with Gasteiger partial charge in [0.2, 0.25) is 11.0 Å². The van der Waals surface area contributed by atoms with Gasteiger partial charge in [-0.2, -0.15) is 0 Å². The van der Waals surface area contributed by atoms with Crippen molar-refractivity contribution in [3.8, 4) is 10.8 Å². The van der Waals surface area contributed by atoms with Crippen molar-refractivity contribution < 1.29 is 4.42 Å². The van der Waals surface area contributed by atoms with Gasteiger partial charge < -0.3 is 10.3 Å². The van der Waals surface area contributed by atoms with Crippen molar-refractivity contribution >= 4 is 23.1 Å². The third-order valence-corrected chi connectivity index (χ3v) is 5.11. The van der Waals surface area contributed by atoms with E-state index < -0.39 is 0 Å². The molecule has 0 aliphatic carbocycles. The maximum Gasteiger partial charge on any atom is 0.236 e. The molecule has 0 aliphatic heterocycles. The highest BCUT2D eigenvalue weighted by atomic mass is 32.2. The number of oxazole rings is 1. The summed E-state index contributed by atoms with van der Waals surface area (Å²) in [7, 11) is 0. The average molecular weight is 349 g/mol. The Balaban J connectivity index is 1.76.